The van der Waals surface area contributed by atoms with E-state index >= 15 is 0 Å². The molecule has 0 aromatic heterocycles. The first-order valence-electron chi connectivity index (χ1n) is 9.40. The second-order valence-electron chi connectivity index (χ2n) is 6.55. The zero-order valence-corrected chi connectivity index (χ0v) is 17.4. The topological polar surface area (TPSA) is 79.0 Å². The summed E-state index contributed by atoms with van der Waals surface area (Å²) in [7, 11) is 0. The molecule has 1 saturated heterocycles. The molecule has 1 fully saturated rings. The number of hydrogen-bond donors (Lipinski definition) is 1. The summed E-state index contributed by atoms with van der Waals surface area (Å²) < 4.78 is 43.9. The molecule has 1 heterocycles. The fourth-order valence-electron chi connectivity index (χ4n) is 2.90. The van der Waals surface area contributed by atoms with Crippen LogP contribution in [0.3, 0.4) is 0 Å². The second-order valence-corrected chi connectivity index (χ2v) is 7.53. The maximum absolute atomic E-state index is 13.0. The van der Waals surface area contributed by atoms with Crippen LogP contribution in [0.2, 0.25) is 0 Å². The summed E-state index contributed by atoms with van der Waals surface area (Å²) in [6.45, 7) is 3.63. The second kappa shape index (κ2) is 11.2. The quantitative estimate of drug-likeness (QED) is 0.615. The normalized spacial score (nSPS) is 15.0. The zero-order chi connectivity index (χ0) is 22.1. The number of halogens is 3. The molecular weight excluding hydrogens is 423 g/mol. The van der Waals surface area contributed by atoms with Gasteiger partial charge in [0.05, 0.1) is 35.9 Å². The van der Waals surface area contributed by atoms with E-state index in [2.05, 4.69) is 5.32 Å². The maximum atomic E-state index is 13.0. The van der Waals surface area contributed by atoms with Gasteiger partial charge in [-0.25, -0.2) is 0 Å². The number of ether oxygens (including phenoxy) is 1. The third-order valence-electron chi connectivity index (χ3n) is 4.35. The van der Waals surface area contributed by atoms with Gasteiger partial charge in [-0.1, -0.05) is 12.1 Å². The van der Waals surface area contributed by atoms with Crippen LogP contribution in [-0.2, 0) is 25.3 Å². The molecule has 11 heteroatoms. The summed E-state index contributed by atoms with van der Waals surface area (Å²) in [5.74, 6) is -0.741. The average Bonchev–Trinajstić information content (AvgIpc) is 2.68. The highest BCUT2D eigenvalue weighted by Gasteiger charge is 2.33. The third-order valence-corrected chi connectivity index (χ3v) is 5.24. The third kappa shape index (κ3) is 7.52. The summed E-state index contributed by atoms with van der Waals surface area (Å²) in [4.78, 5) is 39.1. The van der Waals surface area contributed by atoms with E-state index in [1.807, 2.05) is 0 Å². The van der Waals surface area contributed by atoms with E-state index in [1.54, 1.807) is 16.7 Å². The molecule has 7 nitrogen and oxygen atoms in total. The molecule has 0 aliphatic carbocycles. The molecule has 0 atom stereocenters. The van der Waals surface area contributed by atoms with Crippen molar-refractivity contribution in [3.8, 4) is 0 Å². The summed E-state index contributed by atoms with van der Waals surface area (Å²) in [5, 5.41) is 2.32. The Balaban J connectivity index is 1.75. The minimum absolute atomic E-state index is 0.0637. The van der Waals surface area contributed by atoms with E-state index < -0.39 is 17.6 Å². The fraction of sp³-hybridized carbons (Fsp3) is 0.526. The number of amides is 2. The van der Waals surface area contributed by atoms with Crippen LogP contribution in [0.25, 0.3) is 0 Å². The number of nitrogens with zero attached hydrogens (tertiary/aromatic N) is 2. The molecule has 1 aliphatic heterocycles. The smallest absolute Gasteiger partial charge is 0.418 e. The van der Waals surface area contributed by atoms with Gasteiger partial charge in [0, 0.05) is 26.2 Å². The molecule has 0 saturated carbocycles. The number of benzene rings is 1. The van der Waals surface area contributed by atoms with Gasteiger partial charge in [0.2, 0.25) is 11.8 Å². The molecule has 0 bridgehead atoms. The van der Waals surface area contributed by atoms with Gasteiger partial charge in [0.1, 0.15) is 0 Å². The molecule has 1 aliphatic rings. The average molecular weight is 447 g/mol. The van der Waals surface area contributed by atoms with E-state index in [0.717, 1.165) is 6.07 Å². The predicted octanol–water partition coefficient (Wildman–Crippen LogP) is 2.08. The molecule has 2 rings (SSSR count). The number of thioether (sulfide) groups is 1. The zero-order valence-electron chi connectivity index (χ0n) is 16.5. The lowest BCUT2D eigenvalue weighted by Gasteiger charge is -2.34. The number of para-hydroxylation sites is 1. The van der Waals surface area contributed by atoms with Gasteiger partial charge in [-0.2, -0.15) is 13.2 Å². The minimum atomic E-state index is -4.55. The first-order chi connectivity index (χ1) is 14.2. The Bertz CT molecular complexity index is 753. The van der Waals surface area contributed by atoms with Crippen molar-refractivity contribution in [2.75, 3.05) is 56.2 Å². The van der Waals surface area contributed by atoms with Crippen molar-refractivity contribution in [2.24, 2.45) is 0 Å². The number of alkyl halides is 3. The number of anilines is 1. The fourth-order valence-corrected chi connectivity index (χ4v) is 3.61. The number of nitrogens with one attached hydrogen (secondary N) is 1. The van der Waals surface area contributed by atoms with Gasteiger partial charge >= 0.3 is 12.1 Å². The molecule has 0 radical (unpaired) electrons. The monoisotopic (exact) mass is 447 g/mol. The molecule has 0 spiro atoms. The summed E-state index contributed by atoms with van der Waals surface area (Å²) in [6.07, 6.45) is -4.55. The number of carbonyl (C=O) groups is 3. The lowest BCUT2D eigenvalue weighted by molar-refractivity contribution is -0.140. The van der Waals surface area contributed by atoms with E-state index in [4.69, 9.17) is 4.74 Å². The van der Waals surface area contributed by atoms with E-state index in [-0.39, 0.29) is 35.6 Å². The Hall–Kier alpha value is -2.27. The van der Waals surface area contributed by atoms with E-state index in [1.165, 1.54) is 30.0 Å². The number of rotatable bonds is 8. The van der Waals surface area contributed by atoms with E-state index in [9.17, 15) is 27.6 Å². The van der Waals surface area contributed by atoms with Crippen molar-refractivity contribution in [1.82, 2.24) is 9.80 Å². The van der Waals surface area contributed by atoms with Crippen molar-refractivity contribution in [2.45, 2.75) is 13.1 Å². The number of carbonyl (C=O) groups excluding carboxylic acids is 3. The summed E-state index contributed by atoms with van der Waals surface area (Å²) in [6, 6.07) is 4.82. The lowest BCUT2D eigenvalue weighted by Crippen LogP contribution is -2.51. The largest absolute Gasteiger partial charge is 0.465 e. The lowest BCUT2D eigenvalue weighted by atomic mass is 10.1. The SMILES string of the molecule is CCOC(=O)CSCC(=O)N1CCN(CC(=O)Nc2ccccc2C(F)(F)F)CC1. The van der Waals surface area contributed by atoms with Gasteiger partial charge < -0.3 is 15.0 Å². The van der Waals surface area contributed by atoms with Crippen LogP contribution < -0.4 is 5.32 Å². The Morgan fingerprint density at radius 3 is 2.40 bits per heavy atom. The Kier molecular flexibility index (Phi) is 8.97. The molecular formula is C19H24F3N3O4S. The first kappa shape index (κ1) is 24.0. The number of piperazine rings is 1. The molecule has 1 aromatic carbocycles. The molecule has 1 N–H and O–H groups in total. The van der Waals surface area contributed by atoms with Gasteiger partial charge in [-0.15, -0.1) is 11.8 Å². The van der Waals surface area contributed by atoms with Gasteiger partial charge in [-0.05, 0) is 19.1 Å². The van der Waals surface area contributed by atoms with Crippen molar-refractivity contribution in [1.29, 1.82) is 0 Å². The highest BCUT2D eigenvalue weighted by Crippen LogP contribution is 2.34. The Morgan fingerprint density at radius 1 is 1.10 bits per heavy atom. The highest BCUT2D eigenvalue weighted by molar-refractivity contribution is 8.00. The molecule has 2 amide bonds. The van der Waals surface area contributed by atoms with Crippen molar-refractivity contribution >= 4 is 35.2 Å². The van der Waals surface area contributed by atoms with Crippen LogP contribution in [0, 0.1) is 0 Å². The first-order valence-corrected chi connectivity index (χ1v) is 10.6. The van der Waals surface area contributed by atoms with Crippen LogP contribution in [0.15, 0.2) is 24.3 Å². The Labute approximate surface area is 176 Å². The summed E-state index contributed by atoms with van der Waals surface area (Å²) in [5.41, 5.74) is -1.17. The minimum Gasteiger partial charge on any atom is -0.465 e. The standard InChI is InChI=1S/C19H24F3N3O4S/c1-2-29-18(28)13-30-12-17(27)25-9-7-24(8-10-25)11-16(26)23-15-6-4-3-5-14(15)19(20,21)22/h3-6H,2,7-13H2,1H3,(H,23,26). The van der Waals surface area contributed by atoms with Gasteiger partial charge in [0.15, 0.2) is 0 Å². The van der Waals surface area contributed by atoms with Crippen molar-refractivity contribution in [3.63, 3.8) is 0 Å². The maximum Gasteiger partial charge on any atom is 0.418 e. The molecule has 30 heavy (non-hydrogen) atoms. The van der Waals surface area contributed by atoms with Crippen molar-refractivity contribution in [3.05, 3.63) is 29.8 Å². The summed E-state index contributed by atoms with van der Waals surface area (Å²) >= 11 is 1.18. The number of hydrogen-bond acceptors (Lipinski definition) is 6. The highest BCUT2D eigenvalue weighted by atomic mass is 32.2. The van der Waals surface area contributed by atoms with Crippen LogP contribution in [0.1, 0.15) is 12.5 Å². The van der Waals surface area contributed by atoms with Crippen LogP contribution in [0.5, 0.6) is 0 Å². The van der Waals surface area contributed by atoms with E-state index in [0.29, 0.717) is 32.8 Å². The van der Waals surface area contributed by atoms with Crippen molar-refractivity contribution < 1.29 is 32.3 Å². The van der Waals surface area contributed by atoms with Crippen LogP contribution >= 0.6 is 11.8 Å². The molecule has 1 aromatic rings. The number of esters is 1. The molecule has 166 valence electrons. The molecule has 0 unspecified atom stereocenters. The Morgan fingerprint density at radius 2 is 1.77 bits per heavy atom. The van der Waals surface area contributed by atoms with Gasteiger partial charge in [0.25, 0.3) is 0 Å². The van der Waals surface area contributed by atoms with Crippen LogP contribution in [-0.4, -0.2) is 78.4 Å². The van der Waals surface area contributed by atoms with Gasteiger partial charge in [-0.3, -0.25) is 19.3 Å². The van der Waals surface area contributed by atoms with Crippen LogP contribution in [0.4, 0.5) is 18.9 Å². The predicted molar refractivity (Wildman–Crippen MR) is 107 cm³/mol.